The molecule has 12 heavy (non-hydrogen) atoms. The van der Waals surface area contributed by atoms with Crippen LogP contribution in [0.2, 0.25) is 0 Å². The Morgan fingerprint density at radius 2 is 2.25 bits per heavy atom. The van der Waals surface area contributed by atoms with Crippen molar-refractivity contribution in [2.24, 2.45) is 0 Å². The summed E-state index contributed by atoms with van der Waals surface area (Å²) in [6.45, 7) is 4.11. The molecule has 0 saturated carbocycles. The van der Waals surface area contributed by atoms with Crippen LogP contribution in [0.1, 0.15) is 21.4 Å². The molecule has 1 N–H and O–H groups in total. The zero-order valence-corrected chi connectivity index (χ0v) is 8.33. The molecule has 0 spiro atoms. The highest BCUT2D eigenvalue weighted by atomic mass is 32.1. The fraction of sp³-hybridized carbons (Fsp3) is 0.444. The molecule has 0 aromatic carbocycles. The third-order valence-electron chi connectivity index (χ3n) is 1.81. The van der Waals surface area contributed by atoms with Crippen LogP contribution >= 0.6 is 11.3 Å². The van der Waals surface area contributed by atoms with Crippen molar-refractivity contribution in [3.05, 3.63) is 21.4 Å². The largest absolute Gasteiger partial charge is 0.301 e. The van der Waals surface area contributed by atoms with Crippen LogP contribution in [-0.4, -0.2) is 7.05 Å². The van der Waals surface area contributed by atoms with Crippen molar-refractivity contribution in [3.63, 3.8) is 0 Å². The summed E-state index contributed by atoms with van der Waals surface area (Å²) in [5.74, 6) is 0. The summed E-state index contributed by atoms with van der Waals surface area (Å²) < 4.78 is 0. The van der Waals surface area contributed by atoms with E-state index >= 15 is 0 Å². The minimum atomic E-state index is -0.157. The Morgan fingerprint density at radius 1 is 1.58 bits per heavy atom. The molecule has 3 heteroatoms. The number of rotatable bonds is 2. The number of aryl methyl sites for hydroxylation is 2. The van der Waals surface area contributed by atoms with Crippen molar-refractivity contribution < 1.29 is 0 Å². The van der Waals surface area contributed by atoms with E-state index < -0.39 is 0 Å². The molecular formula is C9H12N2S. The number of hydrogen-bond acceptors (Lipinski definition) is 3. The van der Waals surface area contributed by atoms with Crippen molar-refractivity contribution in [1.29, 1.82) is 5.26 Å². The number of thiophene rings is 1. The molecule has 64 valence electrons. The molecule has 0 fully saturated rings. The SMILES string of the molecule is CNC(C#N)c1cc(C)sc1C. The van der Waals surface area contributed by atoms with E-state index in [2.05, 4.69) is 31.3 Å². The molecule has 1 aromatic rings. The topological polar surface area (TPSA) is 35.8 Å². The molecule has 1 rings (SSSR count). The third kappa shape index (κ3) is 1.66. The molecular weight excluding hydrogens is 168 g/mol. The predicted octanol–water partition coefficient (Wildman–Crippen LogP) is 2.15. The lowest BCUT2D eigenvalue weighted by molar-refractivity contribution is 0.726. The van der Waals surface area contributed by atoms with E-state index in [4.69, 9.17) is 5.26 Å². The zero-order valence-electron chi connectivity index (χ0n) is 7.51. The minimum absolute atomic E-state index is 0.157. The maximum atomic E-state index is 8.81. The van der Waals surface area contributed by atoms with Gasteiger partial charge in [0.25, 0.3) is 0 Å². The summed E-state index contributed by atoms with van der Waals surface area (Å²) in [5.41, 5.74) is 1.11. The van der Waals surface area contributed by atoms with Gasteiger partial charge in [-0.25, -0.2) is 0 Å². The Morgan fingerprint density at radius 3 is 2.58 bits per heavy atom. The molecule has 1 unspecified atom stereocenters. The zero-order chi connectivity index (χ0) is 9.14. The first kappa shape index (κ1) is 9.24. The van der Waals surface area contributed by atoms with Crippen molar-refractivity contribution in [1.82, 2.24) is 5.32 Å². The van der Waals surface area contributed by atoms with E-state index in [1.807, 2.05) is 0 Å². The molecule has 0 amide bonds. The summed E-state index contributed by atoms with van der Waals surface area (Å²) in [6.07, 6.45) is 0. The Balaban J connectivity index is 3.02. The van der Waals surface area contributed by atoms with Gasteiger partial charge in [0, 0.05) is 9.75 Å². The summed E-state index contributed by atoms with van der Waals surface area (Å²) in [6, 6.07) is 4.13. The normalized spacial score (nSPS) is 12.5. The van der Waals surface area contributed by atoms with Gasteiger partial charge in [-0.15, -0.1) is 11.3 Å². The smallest absolute Gasteiger partial charge is 0.122 e. The standard InChI is InChI=1S/C9H12N2S/c1-6-4-8(7(2)12-6)9(5-10)11-3/h4,9,11H,1-3H3. The van der Waals surface area contributed by atoms with Gasteiger partial charge in [-0.1, -0.05) is 0 Å². The van der Waals surface area contributed by atoms with Gasteiger partial charge in [0.05, 0.1) is 6.07 Å². The van der Waals surface area contributed by atoms with E-state index in [1.54, 1.807) is 18.4 Å². The fourth-order valence-electron chi connectivity index (χ4n) is 1.23. The lowest BCUT2D eigenvalue weighted by Gasteiger charge is -2.05. The molecule has 1 atom stereocenters. The van der Waals surface area contributed by atoms with E-state index in [9.17, 15) is 0 Å². The maximum absolute atomic E-state index is 8.81. The highest BCUT2D eigenvalue weighted by molar-refractivity contribution is 7.12. The van der Waals surface area contributed by atoms with Crippen molar-refractivity contribution in [2.75, 3.05) is 7.05 Å². The van der Waals surface area contributed by atoms with Crippen LogP contribution in [0.15, 0.2) is 6.07 Å². The molecule has 0 saturated heterocycles. The summed E-state index contributed by atoms with van der Waals surface area (Å²) in [5, 5.41) is 11.8. The molecule has 0 bridgehead atoms. The van der Waals surface area contributed by atoms with Crippen LogP contribution < -0.4 is 5.32 Å². The summed E-state index contributed by atoms with van der Waals surface area (Å²) in [4.78, 5) is 2.49. The second-order valence-electron chi connectivity index (χ2n) is 2.72. The number of nitrogens with zero attached hydrogens (tertiary/aromatic N) is 1. The molecule has 0 aliphatic carbocycles. The number of nitrogens with one attached hydrogen (secondary N) is 1. The molecule has 0 radical (unpaired) electrons. The summed E-state index contributed by atoms with van der Waals surface area (Å²) >= 11 is 1.74. The second kappa shape index (κ2) is 3.70. The fourth-order valence-corrected chi connectivity index (χ4v) is 2.19. The Hall–Kier alpha value is -0.850. The van der Waals surface area contributed by atoms with Gasteiger partial charge in [-0.2, -0.15) is 5.26 Å². The van der Waals surface area contributed by atoms with E-state index in [1.165, 1.54) is 9.75 Å². The Labute approximate surface area is 76.8 Å². The average Bonchev–Trinajstić information content (AvgIpc) is 2.34. The van der Waals surface area contributed by atoms with Gasteiger partial charge in [-0.05, 0) is 32.5 Å². The lowest BCUT2D eigenvalue weighted by atomic mass is 10.1. The van der Waals surface area contributed by atoms with E-state index in [0.717, 1.165) is 5.56 Å². The quantitative estimate of drug-likeness (QED) is 0.757. The lowest BCUT2D eigenvalue weighted by Crippen LogP contribution is -2.13. The Kier molecular flexibility index (Phi) is 2.85. The van der Waals surface area contributed by atoms with Crippen molar-refractivity contribution >= 4 is 11.3 Å². The Bertz CT molecular complexity index is 309. The first-order chi connectivity index (χ1) is 5.69. The first-order valence-corrected chi connectivity index (χ1v) is 4.64. The molecule has 1 heterocycles. The predicted molar refractivity (Wildman–Crippen MR) is 51.2 cm³/mol. The van der Waals surface area contributed by atoms with Gasteiger partial charge in [-0.3, -0.25) is 0 Å². The molecule has 0 aliphatic heterocycles. The van der Waals surface area contributed by atoms with Gasteiger partial charge in [0.15, 0.2) is 0 Å². The van der Waals surface area contributed by atoms with Crippen LogP contribution in [-0.2, 0) is 0 Å². The van der Waals surface area contributed by atoms with E-state index in [0.29, 0.717) is 0 Å². The van der Waals surface area contributed by atoms with Crippen LogP contribution in [0.25, 0.3) is 0 Å². The van der Waals surface area contributed by atoms with Gasteiger partial charge in [0.2, 0.25) is 0 Å². The van der Waals surface area contributed by atoms with Crippen LogP contribution in [0.4, 0.5) is 0 Å². The molecule has 2 nitrogen and oxygen atoms in total. The monoisotopic (exact) mass is 180 g/mol. The van der Waals surface area contributed by atoms with Crippen molar-refractivity contribution in [3.8, 4) is 6.07 Å². The third-order valence-corrected chi connectivity index (χ3v) is 2.79. The van der Waals surface area contributed by atoms with Crippen LogP contribution in [0, 0.1) is 25.2 Å². The number of nitriles is 1. The highest BCUT2D eigenvalue weighted by Crippen LogP contribution is 2.25. The first-order valence-electron chi connectivity index (χ1n) is 3.83. The minimum Gasteiger partial charge on any atom is -0.301 e. The van der Waals surface area contributed by atoms with Crippen LogP contribution in [0.3, 0.4) is 0 Å². The maximum Gasteiger partial charge on any atom is 0.122 e. The van der Waals surface area contributed by atoms with E-state index in [-0.39, 0.29) is 6.04 Å². The molecule has 0 aliphatic rings. The highest BCUT2D eigenvalue weighted by Gasteiger charge is 2.12. The number of hydrogen-bond donors (Lipinski definition) is 1. The molecule has 1 aromatic heterocycles. The summed E-state index contributed by atoms with van der Waals surface area (Å²) in [7, 11) is 1.81. The van der Waals surface area contributed by atoms with Crippen LogP contribution in [0.5, 0.6) is 0 Å². The second-order valence-corrected chi connectivity index (χ2v) is 4.18. The van der Waals surface area contributed by atoms with Gasteiger partial charge in [0.1, 0.15) is 6.04 Å². The van der Waals surface area contributed by atoms with Crippen molar-refractivity contribution in [2.45, 2.75) is 19.9 Å². The average molecular weight is 180 g/mol. The van der Waals surface area contributed by atoms with Gasteiger partial charge >= 0.3 is 0 Å². The van der Waals surface area contributed by atoms with Gasteiger partial charge < -0.3 is 5.32 Å².